The van der Waals surface area contributed by atoms with Crippen molar-refractivity contribution in [1.82, 2.24) is 5.32 Å². The zero-order chi connectivity index (χ0) is 11.8. The summed E-state index contributed by atoms with van der Waals surface area (Å²) in [6, 6.07) is 4.41. The van der Waals surface area contributed by atoms with Crippen LogP contribution in [0.5, 0.6) is 0 Å². The summed E-state index contributed by atoms with van der Waals surface area (Å²) in [7, 11) is 0. The van der Waals surface area contributed by atoms with E-state index in [2.05, 4.69) is 31.0 Å². The van der Waals surface area contributed by atoms with E-state index in [1.165, 1.54) is 9.75 Å². The maximum Gasteiger partial charge on any atom is 0.0672 e. The van der Waals surface area contributed by atoms with Crippen molar-refractivity contribution < 1.29 is 4.74 Å². The summed E-state index contributed by atoms with van der Waals surface area (Å²) in [6.45, 7) is 11.2. The van der Waals surface area contributed by atoms with Gasteiger partial charge in [0.25, 0.3) is 0 Å². The molecule has 0 aliphatic carbocycles. The molecule has 3 heteroatoms. The molecule has 0 radical (unpaired) electrons. The Labute approximate surface area is 102 Å². The SMILES string of the molecule is C=C(C)COCCNCc1ccc(CC)s1. The predicted octanol–water partition coefficient (Wildman–Crippen LogP) is 2.99. The van der Waals surface area contributed by atoms with Gasteiger partial charge >= 0.3 is 0 Å². The van der Waals surface area contributed by atoms with Crippen molar-refractivity contribution in [3.63, 3.8) is 0 Å². The molecule has 0 saturated carbocycles. The molecule has 0 saturated heterocycles. The Morgan fingerprint density at radius 2 is 2.19 bits per heavy atom. The van der Waals surface area contributed by atoms with Gasteiger partial charge in [-0.05, 0) is 25.5 Å². The maximum absolute atomic E-state index is 5.40. The maximum atomic E-state index is 5.40. The molecule has 2 nitrogen and oxygen atoms in total. The first kappa shape index (κ1) is 13.4. The van der Waals surface area contributed by atoms with Crippen molar-refractivity contribution in [3.8, 4) is 0 Å². The average Bonchev–Trinajstić information content (AvgIpc) is 2.70. The highest BCUT2D eigenvalue weighted by molar-refractivity contribution is 7.11. The van der Waals surface area contributed by atoms with E-state index in [1.54, 1.807) is 0 Å². The molecule has 0 unspecified atom stereocenters. The van der Waals surface area contributed by atoms with Gasteiger partial charge in [-0.1, -0.05) is 19.1 Å². The van der Waals surface area contributed by atoms with E-state index in [9.17, 15) is 0 Å². The summed E-state index contributed by atoms with van der Waals surface area (Å²) in [5.74, 6) is 0. The first-order valence-electron chi connectivity index (χ1n) is 5.72. The molecule has 0 fully saturated rings. The largest absolute Gasteiger partial charge is 0.376 e. The Balaban J connectivity index is 2.04. The zero-order valence-electron chi connectivity index (χ0n) is 10.2. The summed E-state index contributed by atoms with van der Waals surface area (Å²) >= 11 is 1.88. The molecule has 1 aromatic rings. The van der Waals surface area contributed by atoms with E-state index < -0.39 is 0 Å². The van der Waals surface area contributed by atoms with Crippen LogP contribution in [0.2, 0.25) is 0 Å². The van der Waals surface area contributed by atoms with Crippen LogP contribution in [-0.4, -0.2) is 19.8 Å². The van der Waals surface area contributed by atoms with E-state index >= 15 is 0 Å². The lowest BCUT2D eigenvalue weighted by atomic mass is 10.3. The summed E-state index contributed by atoms with van der Waals surface area (Å²) in [5.41, 5.74) is 1.07. The van der Waals surface area contributed by atoms with Crippen LogP contribution in [0.25, 0.3) is 0 Å². The van der Waals surface area contributed by atoms with Gasteiger partial charge in [0.05, 0.1) is 13.2 Å². The molecule has 0 bridgehead atoms. The third-order valence-electron chi connectivity index (χ3n) is 2.14. The van der Waals surface area contributed by atoms with E-state index in [1.807, 2.05) is 18.3 Å². The van der Waals surface area contributed by atoms with Gasteiger partial charge < -0.3 is 10.1 Å². The second kappa shape index (κ2) is 7.60. The average molecular weight is 239 g/mol. The summed E-state index contributed by atoms with van der Waals surface area (Å²) in [4.78, 5) is 2.85. The lowest BCUT2D eigenvalue weighted by molar-refractivity contribution is 0.158. The van der Waals surface area contributed by atoms with Gasteiger partial charge in [0.1, 0.15) is 0 Å². The highest BCUT2D eigenvalue weighted by Crippen LogP contribution is 2.16. The molecule has 1 aromatic heterocycles. The van der Waals surface area contributed by atoms with Crippen molar-refractivity contribution in [3.05, 3.63) is 34.0 Å². The number of thiophene rings is 1. The molecule has 90 valence electrons. The summed E-state index contributed by atoms with van der Waals surface area (Å²) in [6.07, 6.45) is 1.13. The normalized spacial score (nSPS) is 10.6. The Kier molecular flexibility index (Phi) is 6.38. The number of hydrogen-bond acceptors (Lipinski definition) is 3. The fourth-order valence-electron chi connectivity index (χ4n) is 1.31. The van der Waals surface area contributed by atoms with Crippen LogP contribution in [0, 0.1) is 0 Å². The summed E-state index contributed by atoms with van der Waals surface area (Å²) in [5, 5.41) is 3.37. The summed E-state index contributed by atoms with van der Waals surface area (Å²) < 4.78 is 5.40. The van der Waals surface area contributed by atoms with Gasteiger partial charge in [0.2, 0.25) is 0 Å². The van der Waals surface area contributed by atoms with Crippen LogP contribution in [0.1, 0.15) is 23.6 Å². The molecular weight excluding hydrogens is 218 g/mol. The Bertz CT molecular complexity index is 319. The van der Waals surface area contributed by atoms with Crippen molar-refractivity contribution in [2.45, 2.75) is 26.8 Å². The number of ether oxygens (including phenoxy) is 1. The first-order chi connectivity index (χ1) is 7.72. The molecule has 0 amide bonds. The molecule has 0 aromatic carbocycles. The van der Waals surface area contributed by atoms with Gasteiger partial charge in [-0.15, -0.1) is 11.3 Å². The zero-order valence-corrected chi connectivity index (χ0v) is 11.0. The monoisotopic (exact) mass is 239 g/mol. The van der Waals surface area contributed by atoms with Crippen molar-refractivity contribution in [1.29, 1.82) is 0 Å². The van der Waals surface area contributed by atoms with Crippen molar-refractivity contribution in [2.24, 2.45) is 0 Å². The van der Waals surface area contributed by atoms with E-state index in [0.717, 1.165) is 31.7 Å². The third-order valence-corrected chi connectivity index (χ3v) is 3.37. The smallest absolute Gasteiger partial charge is 0.0672 e. The van der Waals surface area contributed by atoms with Crippen LogP contribution in [0.4, 0.5) is 0 Å². The van der Waals surface area contributed by atoms with Gasteiger partial charge in [-0.2, -0.15) is 0 Å². The number of hydrogen-bond donors (Lipinski definition) is 1. The topological polar surface area (TPSA) is 21.3 Å². The number of rotatable bonds is 8. The second-order valence-electron chi connectivity index (χ2n) is 3.91. The van der Waals surface area contributed by atoms with Gasteiger partial charge in [0, 0.05) is 22.8 Å². The van der Waals surface area contributed by atoms with Crippen molar-refractivity contribution in [2.75, 3.05) is 19.8 Å². The fourth-order valence-corrected chi connectivity index (χ4v) is 2.24. The highest BCUT2D eigenvalue weighted by Gasteiger charge is 1.97. The Hall–Kier alpha value is -0.640. The molecule has 1 N–H and O–H groups in total. The van der Waals surface area contributed by atoms with Gasteiger partial charge in [-0.3, -0.25) is 0 Å². The molecule has 0 aliphatic heterocycles. The Morgan fingerprint density at radius 3 is 2.81 bits per heavy atom. The number of nitrogens with one attached hydrogen (secondary N) is 1. The van der Waals surface area contributed by atoms with Crippen LogP contribution in [-0.2, 0) is 17.7 Å². The molecule has 1 rings (SSSR count). The molecule has 1 heterocycles. The van der Waals surface area contributed by atoms with E-state index in [0.29, 0.717) is 6.61 Å². The van der Waals surface area contributed by atoms with Gasteiger partial charge in [0.15, 0.2) is 0 Å². The van der Waals surface area contributed by atoms with E-state index in [-0.39, 0.29) is 0 Å². The fraction of sp³-hybridized carbons (Fsp3) is 0.538. The van der Waals surface area contributed by atoms with E-state index in [4.69, 9.17) is 4.74 Å². The second-order valence-corrected chi connectivity index (χ2v) is 5.16. The molecule has 0 aliphatic rings. The predicted molar refractivity (Wildman–Crippen MR) is 71.0 cm³/mol. The van der Waals surface area contributed by atoms with Crippen LogP contribution < -0.4 is 5.32 Å². The molecule has 0 spiro atoms. The minimum Gasteiger partial charge on any atom is -0.376 e. The lowest BCUT2D eigenvalue weighted by Gasteiger charge is -2.04. The van der Waals surface area contributed by atoms with Gasteiger partial charge in [-0.25, -0.2) is 0 Å². The minimum atomic E-state index is 0.667. The molecule has 16 heavy (non-hydrogen) atoms. The van der Waals surface area contributed by atoms with Crippen LogP contribution >= 0.6 is 11.3 Å². The quantitative estimate of drug-likeness (QED) is 0.556. The minimum absolute atomic E-state index is 0.667. The van der Waals surface area contributed by atoms with Crippen LogP contribution in [0.15, 0.2) is 24.3 Å². The molecular formula is C13H21NOS. The number of aryl methyl sites for hydroxylation is 1. The lowest BCUT2D eigenvalue weighted by Crippen LogP contribution is -2.19. The molecule has 0 atom stereocenters. The van der Waals surface area contributed by atoms with Crippen LogP contribution in [0.3, 0.4) is 0 Å². The Morgan fingerprint density at radius 1 is 1.44 bits per heavy atom. The third kappa shape index (κ3) is 5.45. The van der Waals surface area contributed by atoms with Crippen molar-refractivity contribution >= 4 is 11.3 Å². The highest BCUT2D eigenvalue weighted by atomic mass is 32.1. The first-order valence-corrected chi connectivity index (χ1v) is 6.54. The standard InChI is InChI=1S/C13H21NOS/c1-4-12-5-6-13(16-12)9-14-7-8-15-10-11(2)3/h5-6,14H,2,4,7-10H2,1,3H3.